The summed E-state index contributed by atoms with van der Waals surface area (Å²) in [7, 11) is 0. The number of β-amino-alcohol motifs (C(OH)–C–C–N with tert-alkyl or cyclic N) is 1. The molecule has 1 saturated heterocycles. The Morgan fingerprint density at radius 2 is 1.88 bits per heavy atom. The quantitative estimate of drug-likeness (QED) is 0.298. The predicted molar refractivity (Wildman–Crippen MR) is 178 cm³/mol. The Bertz CT molecular complexity index is 1510. The van der Waals surface area contributed by atoms with Crippen LogP contribution in [0.25, 0.3) is 10.4 Å². The van der Waals surface area contributed by atoms with E-state index in [1.165, 1.54) is 16.2 Å². The van der Waals surface area contributed by atoms with E-state index in [0.717, 1.165) is 21.7 Å². The maximum Gasteiger partial charge on any atom is 0.308 e. The molecule has 3 amide bonds. The van der Waals surface area contributed by atoms with Gasteiger partial charge in [0.15, 0.2) is 5.67 Å². The minimum atomic E-state index is -1.96. The van der Waals surface area contributed by atoms with Crippen molar-refractivity contribution in [3.05, 3.63) is 35.0 Å². The van der Waals surface area contributed by atoms with Crippen LogP contribution < -0.4 is 15.4 Å². The van der Waals surface area contributed by atoms with E-state index in [1.54, 1.807) is 33.2 Å². The predicted octanol–water partition coefficient (Wildman–Crippen LogP) is 4.23. The molecule has 2 aromatic rings. The molecule has 3 atom stereocenters. The molecule has 0 radical (unpaired) electrons. The molecule has 3 N–H and O–H groups in total. The van der Waals surface area contributed by atoms with Crippen LogP contribution in [0.1, 0.15) is 83.9 Å². The molecule has 0 bridgehead atoms. The number of aliphatic hydroxyl groups is 1. The third-order valence-corrected chi connectivity index (χ3v) is 10.4. The second-order valence-corrected chi connectivity index (χ2v) is 15.1. The second-order valence-electron chi connectivity index (χ2n) is 14.3. The fraction of sp³-hybridized carbons (Fsp3) is 0.629. The summed E-state index contributed by atoms with van der Waals surface area (Å²) in [6, 6.07) is 3.74. The number of hydrogen-bond donors (Lipinski definition) is 3. The van der Waals surface area contributed by atoms with E-state index in [2.05, 4.69) is 15.6 Å². The summed E-state index contributed by atoms with van der Waals surface area (Å²) < 4.78 is 26.3. The summed E-state index contributed by atoms with van der Waals surface area (Å²) in [6.07, 6.45) is 1.92. The Hall–Kier alpha value is -3.58. The van der Waals surface area contributed by atoms with Gasteiger partial charge in [-0.25, -0.2) is 9.37 Å². The molecule has 2 aliphatic carbocycles. The average molecular weight is 687 g/mol. The van der Waals surface area contributed by atoms with Crippen molar-refractivity contribution in [3.63, 3.8) is 0 Å². The molecular formula is C35H47FN4O7S. The molecule has 11 nitrogen and oxygen atoms in total. The molecule has 2 heterocycles. The van der Waals surface area contributed by atoms with Crippen molar-refractivity contribution >= 4 is 35.0 Å². The van der Waals surface area contributed by atoms with Gasteiger partial charge in [-0.3, -0.25) is 19.2 Å². The number of carbonyl (C=O) groups excluding carboxylic acids is 4. The Labute approximate surface area is 285 Å². The number of aryl methyl sites for hydroxylation is 1. The number of hydrogen-bond acceptors (Lipinski definition) is 9. The largest absolute Gasteiger partial charge is 0.490 e. The first-order valence-corrected chi connectivity index (χ1v) is 17.7. The van der Waals surface area contributed by atoms with Crippen molar-refractivity contribution in [3.8, 4) is 16.2 Å². The number of amides is 3. The highest BCUT2D eigenvalue weighted by Gasteiger charge is 2.53. The van der Waals surface area contributed by atoms with E-state index in [0.29, 0.717) is 38.0 Å². The van der Waals surface area contributed by atoms with Crippen LogP contribution in [0.4, 0.5) is 4.39 Å². The molecule has 1 aromatic carbocycles. The first-order chi connectivity index (χ1) is 22.7. The molecule has 3 fully saturated rings. The smallest absolute Gasteiger partial charge is 0.308 e. The third-order valence-electron chi connectivity index (χ3n) is 9.46. The lowest BCUT2D eigenvalue weighted by Gasteiger charge is -2.35. The number of likely N-dealkylation sites (tertiary alicyclic amines) is 1. The van der Waals surface area contributed by atoms with Gasteiger partial charge < -0.3 is 30.1 Å². The van der Waals surface area contributed by atoms with Crippen molar-refractivity contribution in [1.29, 1.82) is 0 Å². The van der Waals surface area contributed by atoms with Gasteiger partial charge in [-0.15, -0.1) is 11.3 Å². The fourth-order valence-electron chi connectivity index (χ4n) is 6.40. The summed E-state index contributed by atoms with van der Waals surface area (Å²) in [6.45, 7) is 9.41. The standard InChI is InChI=1S/C35H47FN4O7S/c1-6-46-32(44)21-9-11-25(12-10-21)47-27-15-22(28-20(2)38-19-48-28)7-8-23(27)17-37-30(42)26-16-24(41)18-40(26)31(43)29(34(3,4)5)39-33(45)35(36)13-14-35/h7-8,15,19,21,24-26,29,41H,6,9-14,16-18H2,1-5H3,(H,37,42)(H,39,45)/t21?,24-,25?,26+,29-/m1/s1. The lowest BCUT2D eigenvalue weighted by atomic mass is 9.85. The number of nitrogens with zero attached hydrogens (tertiary/aromatic N) is 2. The Balaban J connectivity index is 1.30. The third kappa shape index (κ3) is 8.16. The summed E-state index contributed by atoms with van der Waals surface area (Å²) in [5.74, 6) is -1.52. The van der Waals surface area contributed by atoms with Gasteiger partial charge in [0.25, 0.3) is 5.91 Å². The van der Waals surface area contributed by atoms with Crippen molar-refractivity contribution in [1.82, 2.24) is 20.5 Å². The molecule has 0 spiro atoms. The van der Waals surface area contributed by atoms with E-state index < -0.39 is 47.0 Å². The van der Waals surface area contributed by atoms with Crippen LogP contribution in [0.5, 0.6) is 5.75 Å². The maximum absolute atomic E-state index is 14.5. The van der Waals surface area contributed by atoms with Crippen LogP contribution in [0, 0.1) is 18.3 Å². The van der Waals surface area contributed by atoms with Crippen LogP contribution >= 0.6 is 11.3 Å². The zero-order chi connectivity index (χ0) is 34.8. The molecule has 0 unspecified atom stereocenters. The normalized spacial score (nSPS) is 24.0. The lowest BCUT2D eigenvalue weighted by Crippen LogP contribution is -2.59. The number of rotatable bonds is 11. The van der Waals surface area contributed by atoms with E-state index >= 15 is 0 Å². The fourth-order valence-corrected chi connectivity index (χ4v) is 7.21. The van der Waals surface area contributed by atoms with Gasteiger partial charge in [-0.2, -0.15) is 0 Å². The van der Waals surface area contributed by atoms with Gasteiger partial charge in [0.2, 0.25) is 11.8 Å². The van der Waals surface area contributed by atoms with Crippen LogP contribution in [0.15, 0.2) is 23.7 Å². The summed E-state index contributed by atoms with van der Waals surface area (Å²) in [5, 5.41) is 16.1. The monoisotopic (exact) mass is 686 g/mol. The van der Waals surface area contributed by atoms with Gasteiger partial charge in [-0.05, 0) is 69.4 Å². The number of nitrogens with one attached hydrogen (secondary N) is 2. The number of alkyl halides is 1. The number of aromatic nitrogens is 1. The highest BCUT2D eigenvalue weighted by molar-refractivity contribution is 7.13. The molecule has 5 rings (SSSR count). The van der Waals surface area contributed by atoms with E-state index in [4.69, 9.17) is 9.47 Å². The van der Waals surface area contributed by atoms with E-state index in [-0.39, 0.29) is 50.3 Å². The van der Waals surface area contributed by atoms with Crippen LogP contribution in [0.2, 0.25) is 0 Å². The van der Waals surface area contributed by atoms with Crippen molar-refractivity contribution < 1.29 is 38.1 Å². The molecule has 262 valence electrons. The zero-order valence-corrected chi connectivity index (χ0v) is 29.2. The van der Waals surface area contributed by atoms with E-state index in [1.807, 2.05) is 25.1 Å². The summed E-state index contributed by atoms with van der Waals surface area (Å²) in [4.78, 5) is 59.0. The summed E-state index contributed by atoms with van der Waals surface area (Å²) >= 11 is 1.53. The average Bonchev–Trinajstić information content (AvgIpc) is 3.45. The van der Waals surface area contributed by atoms with Crippen LogP contribution in [-0.2, 0) is 30.5 Å². The van der Waals surface area contributed by atoms with Gasteiger partial charge in [0.1, 0.15) is 17.8 Å². The van der Waals surface area contributed by atoms with E-state index in [9.17, 15) is 28.7 Å². The first-order valence-electron chi connectivity index (χ1n) is 16.8. The molecule has 3 aliphatic rings. The highest BCUT2D eigenvalue weighted by atomic mass is 32.1. The Morgan fingerprint density at radius 3 is 2.48 bits per heavy atom. The Morgan fingerprint density at radius 1 is 1.17 bits per heavy atom. The van der Waals surface area contributed by atoms with Crippen molar-refractivity contribution in [2.75, 3.05) is 13.2 Å². The number of carbonyl (C=O) groups is 4. The summed E-state index contributed by atoms with van der Waals surface area (Å²) in [5.41, 5.74) is 1.63. The number of aliphatic hydroxyl groups excluding tert-OH is 1. The molecule has 13 heteroatoms. The minimum Gasteiger partial charge on any atom is -0.490 e. The second kappa shape index (κ2) is 14.5. The van der Waals surface area contributed by atoms with Crippen LogP contribution in [0.3, 0.4) is 0 Å². The van der Waals surface area contributed by atoms with Gasteiger partial charge in [-0.1, -0.05) is 32.9 Å². The highest BCUT2D eigenvalue weighted by Crippen LogP contribution is 2.41. The first kappa shape index (κ1) is 35.7. The van der Waals surface area contributed by atoms with Crippen molar-refractivity contribution in [2.45, 2.75) is 116 Å². The molecule has 2 saturated carbocycles. The maximum atomic E-state index is 14.5. The Kier molecular flexibility index (Phi) is 10.8. The minimum absolute atomic E-state index is 0.0338. The number of esters is 1. The van der Waals surface area contributed by atoms with Gasteiger partial charge in [0, 0.05) is 25.1 Å². The topological polar surface area (TPSA) is 147 Å². The van der Waals surface area contributed by atoms with Crippen molar-refractivity contribution in [2.24, 2.45) is 11.3 Å². The lowest BCUT2D eigenvalue weighted by molar-refractivity contribution is -0.149. The van der Waals surface area contributed by atoms with Gasteiger partial charge >= 0.3 is 5.97 Å². The molecular weight excluding hydrogens is 639 g/mol. The van der Waals surface area contributed by atoms with Gasteiger partial charge in [0.05, 0.1) is 40.8 Å². The zero-order valence-electron chi connectivity index (χ0n) is 28.3. The molecule has 48 heavy (non-hydrogen) atoms. The number of thiazole rings is 1. The number of benzene rings is 1. The molecule has 1 aliphatic heterocycles. The number of ether oxygens (including phenoxy) is 2. The number of halogens is 1. The molecule has 1 aromatic heterocycles. The SMILES string of the molecule is CCOC(=O)C1CCC(Oc2cc(-c3scnc3C)ccc2CNC(=O)[C@@H]2C[C@@H](O)CN2C(=O)[C@@H](NC(=O)C2(F)CC2)C(C)(C)C)CC1. The van der Waals surface area contributed by atoms with Crippen LogP contribution in [-0.4, -0.2) is 81.8 Å².